The molecule has 0 heterocycles. The predicted molar refractivity (Wildman–Crippen MR) is 54.2 cm³/mol. The maximum atomic E-state index is 11.0. The Morgan fingerprint density at radius 2 is 2.15 bits per heavy atom. The molecule has 0 atom stereocenters. The molecule has 0 spiro atoms. The topological polar surface area (TPSA) is 46.2 Å². The SMILES string of the molecule is C=CS(=O)(=O)Nc1cccc(Cl)c1. The molecular formula is C8H8ClNO2S. The molecule has 3 nitrogen and oxygen atoms in total. The number of benzene rings is 1. The molecule has 0 aromatic heterocycles. The van der Waals surface area contributed by atoms with Gasteiger partial charge in [0.25, 0.3) is 10.0 Å². The lowest BCUT2D eigenvalue weighted by molar-refractivity contribution is 0.609. The van der Waals surface area contributed by atoms with Gasteiger partial charge in [-0.05, 0) is 18.2 Å². The highest BCUT2D eigenvalue weighted by molar-refractivity contribution is 7.95. The summed E-state index contributed by atoms with van der Waals surface area (Å²) in [4.78, 5) is 0. The zero-order valence-corrected chi connectivity index (χ0v) is 8.27. The van der Waals surface area contributed by atoms with Gasteiger partial charge in [0.2, 0.25) is 0 Å². The first-order chi connectivity index (χ1) is 6.03. The summed E-state index contributed by atoms with van der Waals surface area (Å²) < 4.78 is 24.3. The molecule has 1 aromatic rings. The number of sulfonamides is 1. The van der Waals surface area contributed by atoms with Gasteiger partial charge in [0.1, 0.15) is 0 Å². The van der Waals surface area contributed by atoms with Gasteiger partial charge in [0, 0.05) is 10.4 Å². The van der Waals surface area contributed by atoms with Crippen molar-refractivity contribution >= 4 is 27.3 Å². The van der Waals surface area contributed by atoms with Gasteiger partial charge in [-0.3, -0.25) is 4.72 Å². The van der Waals surface area contributed by atoms with Crippen molar-refractivity contribution in [2.45, 2.75) is 0 Å². The van der Waals surface area contributed by atoms with E-state index in [9.17, 15) is 8.42 Å². The standard InChI is InChI=1S/C8H8ClNO2S/c1-2-13(11,12)10-8-5-3-4-7(9)6-8/h2-6,10H,1H2. The fourth-order valence-electron chi connectivity index (χ4n) is 0.758. The first-order valence-corrected chi connectivity index (χ1v) is 5.37. The van der Waals surface area contributed by atoms with Crippen molar-refractivity contribution in [2.75, 3.05) is 4.72 Å². The summed E-state index contributed by atoms with van der Waals surface area (Å²) >= 11 is 5.66. The molecule has 0 aliphatic rings. The van der Waals surface area contributed by atoms with Crippen LogP contribution in [0.5, 0.6) is 0 Å². The molecule has 70 valence electrons. The smallest absolute Gasteiger partial charge is 0.254 e. The van der Waals surface area contributed by atoms with Crippen LogP contribution in [-0.4, -0.2) is 8.42 Å². The van der Waals surface area contributed by atoms with Crippen molar-refractivity contribution in [1.82, 2.24) is 0 Å². The molecule has 0 bridgehead atoms. The van der Waals surface area contributed by atoms with Crippen molar-refractivity contribution < 1.29 is 8.42 Å². The Hall–Kier alpha value is -1.00. The van der Waals surface area contributed by atoms with Gasteiger partial charge in [-0.15, -0.1) is 0 Å². The minimum atomic E-state index is -3.43. The fourth-order valence-corrected chi connectivity index (χ4v) is 1.49. The zero-order chi connectivity index (χ0) is 9.90. The van der Waals surface area contributed by atoms with Crippen molar-refractivity contribution in [3.05, 3.63) is 41.3 Å². The van der Waals surface area contributed by atoms with E-state index in [-0.39, 0.29) is 0 Å². The van der Waals surface area contributed by atoms with Gasteiger partial charge >= 0.3 is 0 Å². The van der Waals surface area contributed by atoms with E-state index in [0.717, 1.165) is 5.41 Å². The molecule has 0 aliphatic carbocycles. The number of anilines is 1. The summed E-state index contributed by atoms with van der Waals surface area (Å²) in [6, 6.07) is 6.44. The first-order valence-electron chi connectivity index (χ1n) is 3.44. The number of rotatable bonds is 3. The van der Waals surface area contributed by atoms with Crippen LogP contribution in [0, 0.1) is 0 Å². The van der Waals surface area contributed by atoms with E-state index in [0.29, 0.717) is 10.7 Å². The average Bonchev–Trinajstić information content (AvgIpc) is 2.03. The Morgan fingerprint density at radius 3 is 2.69 bits per heavy atom. The quantitative estimate of drug-likeness (QED) is 0.844. The van der Waals surface area contributed by atoms with Crippen molar-refractivity contribution in [2.24, 2.45) is 0 Å². The molecule has 0 amide bonds. The number of hydrogen-bond donors (Lipinski definition) is 1. The highest BCUT2D eigenvalue weighted by Gasteiger charge is 2.03. The van der Waals surface area contributed by atoms with Crippen molar-refractivity contribution in [1.29, 1.82) is 0 Å². The van der Waals surface area contributed by atoms with E-state index in [1.807, 2.05) is 0 Å². The summed E-state index contributed by atoms with van der Waals surface area (Å²) in [5, 5.41) is 1.32. The normalized spacial score (nSPS) is 10.8. The second-order valence-electron chi connectivity index (χ2n) is 2.32. The Bertz CT molecular complexity index is 414. The Morgan fingerprint density at radius 1 is 1.46 bits per heavy atom. The highest BCUT2D eigenvalue weighted by Crippen LogP contribution is 2.16. The van der Waals surface area contributed by atoms with E-state index in [4.69, 9.17) is 11.6 Å². The first kappa shape index (κ1) is 10.1. The number of hydrogen-bond acceptors (Lipinski definition) is 2. The maximum absolute atomic E-state index is 11.0. The molecular weight excluding hydrogens is 210 g/mol. The molecule has 5 heteroatoms. The molecule has 0 saturated carbocycles. The van der Waals surface area contributed by atoms with Gasteiger partial charge in [0.05, 0.1) is 5.69 Å². The minimum Gasteiger partial charge on any atom is -0.280 e. The minimum absolute atomic E-state index is 0.424. The van der Waals surface area contributed by atoms with E-state index in [2.05, 4.69) is 11.3 Å². The number of nitrogens with one attached hydrogen (secondary N) is 1. The largest absolute Gasteiger partial charge is 0.280 e. The monoisotopic (exact) mass is 217 g/mol. The molecule has 0 saturated heterocycles. The van der Waals surface area contributed by atoms with Gasteiger partial charge in [-0.25, -0.2) is 8.42 Å². The van der Waals surface area contributed by atoms with E-state index in [1.54, 1.807) is 18.2 Å². The number of halogens is 1. The van der Waals surface area contributed by atoms with E-state index >= 15 is 0 Å². The van der Waals surface area contributed by atoms with Gasteiger partial charge in [-0.1, -0.05) is 24.2 Å². The summed E-state index contributed by atoms with van der Waals surface area (Å²) in [7, 11) is -3.43. The van der Waals surface area contributed by atoms with Gasteiger partial charge in [-0.2, -0.15) is 0 Å². The summed E-state index contributed by atoms with van der Waals surface area (Å²) in [5.41, 5.74) is 0.424. The lowest BCUT2D eigenvalue weighted by atomic mass is 10.3. The van der Waals surface area contributed by atoms with Crippen LogP contribution < -0.4 is 4.72 Å². The molecule has 1 N–H and O–H groups in total. The molecule has 1 aromatic carbocycles. The van der Waals surface area contributed by atoms with Crippen LogP contribution in [0.3, 0.4) is 0 Å². The summed E-state index contributed by atoms with van der Waals surface area (Å²) in [6.45, 7) is 3.17. The van der Waals surface area contributed by atoms with Gasteiger partial charge in [0.15, 0.2) is 0 Å². The van der Waals surface area contributed by atoms with Crippen LogP contribution in [0.1, 0.15) is 0 Å². The lowest BCUT2D eigenvalue weighted by Gasteiger charge is -2.03. The fraction of sp³-hybridized carbons (Fsp3) is 0. The van der Waals surface area contributed by atoms with Crippen LogP contribution in [0.25, 0.3) is 0 Å². The van der Waals surface area contributed by atoms with E-state index < -0.39 is 10.0 Å². The molecule has 0 fully saturated rings. The summed E-state index contributed by atoms with van der Waals surface area (Å²) in [5.74, 6) is 0. The Balaban J connectivity index is 2.93. The molecule has 1 rings (SSSR count). The Kier molecular flexibility index (Phi) is 2.95. The summed E-state index contributed by atoms with van der Waals surface area (Å²) in [6.07, 6.45) is 0. The van der Waals surface area contributed by atoms with Crippen molar-refractivity contribution in [3.63, 3.8) is 0 Å². The van der Waals surface area contributed by atoms with Gasteiger partial charge < -0.3 is 0 Å². The third-order valence-electron chi connectivity index (χ3n) is 1.30. The third kappa shape index (κ3) is 3.08. The van der Waals surface area contributed by atoms with Crippen LogP contribution in [0.15, 0.2) is 36.3 Å². The predicted octanol–water partition coefficient (Wildman–Crippen LogP) is 2.23. The van der Waals surface area contributed by atoms with Crippen LogP contribution in [0.2, 0.25) is 5.02 Å². The molecule has 0 aliphatic heterocycles. The second-order valence-corrected chi connectivity index (χ2v) is 4.39. The van der Waals surface area contributed by atoms with Crippen molar-refractivity contribution in [3.8, 4) is 0 Å². The highest BCUT2D eigenvalue weighted by atomic mass is 35.5. The Labute approximate surface area is 82.1 Å². The molecule has 13 heavy (non-hydrogen) atoms. The lowest BCUT2D eigenvalue weighted by Crippen LogP contribution is -2.07. The zero-order valence-electron chi connectivity index (χ0n) is 6.70. The van der Waals surface area contributed by atoms with E-state index in [1.165, 1.54) is 6.07 Å². The van der Waals surface area contributed by atoms with Crippen LogP contribution in [-0.2, 0) is 10.0 Å². The maximum Gasteiger partial charge on any atom is 0.254 e. The average molecular weight is 218 g/mol. The molecule has 0 radical (unpaired) electrons. The molecule has 0 unspecified atom stereocenters. The third-order valence-corrected chi connectivity index (χ3v) is 2.50. The second kappa shape index (κ2) is 3.81. The van der Waals surface area contributed by atoms with Crippen LogP contribution >= 0.6 is 11.6 Å². The van der Waals surface area contributed by atoms with Crippen LogP contribution in [0.4, 0.5) is 5.69 Å².